The van der Waals surface area contributed by atoms with Gasteiger partial charge in [0.05, 0.1) is 5.01 Å². The highest BCUT2D eigenvalue weighted by atomic mass is 32.1. The summed E-state index contributed by atoms with van der Waals surface area (Å²) in [6, 6.07) is 9.08. The summed E-state index contributed by atoms with van der Waals surface area (Å²) in [4.78, 5) is 27.8. The molecule has 1 aliphatic carbocycles. The molecule has 120 valence electrons. The van der Waals surface area contributed by atoms with Crippen LogP contribution in [0.1, 0.15) is 40.3 Å². The highest BCUT2D eigenvalue weighted by Gasteiger charge is 2.30. The van der Waals surface area contributed by atoms with Gasteiger partial charge >= 0.3 is 5.97 Å². The van der Waals surface area contributed by atoms with Gasteiger partial charge in [-0.15, -0.1) is 11.3 Å². The molecule has 1 aliphatic rings. The monoisotopic (exact) mass is 330 g/mol. The van der Waals surface area contributed by atoms with Gasteiger partial charge in [0.15, 0.2) is 0 Å². The van der Waals surface area contributed by atoms with Crippen LogP contribution in [0.15, 0.2) is 35.7 Å². The number of hydrogen-bond donors (Lipinski definition) is 2. The third kappa shape index (κ3) is 4.39. The van der Waals surface area contributed by atoms with Gasteiger partial charge in [0.25, 0.3) is 5.91 Å². The molecule has 0 bridgehead atoms. The van der Waals surface area contributed by atoms with E-state index in [0.717, 1.165) is 23.4 Å². The first-order valence-corrected chi connectivity index (χ1v) is 8.52. The number of aliphatic carboxylic acids is 1. The molecule has 2 aromatic rings. The molecule has 3 rings (SSSR count). The molecule has 1 unspecified atom stereocenters. The number of carbonyl (C=O) groups excluding carboxylic acids is 1. The standard InChI is InChI=1S/C17H18N2O3S/c20-16(19-13(17(21)22)8-12-6-7-12)14-10-23-15(18-14)9-11-4-2-1-3-5-11/h1-5,10,12-13H,6-9H2,(H,19,20)(H,21,22). The Morgan fingerprint density at radius 3 is 2.70 bits per heavy atom. The minimum Gasteiger partial charge on any atom is -0.480 e. The van der Waals surface area contributed by atoms with Crippen molar-refractivity contribution in [1.82, 2.24) is 10.3 Å². The molecule has 0 aliphatic heterocycles. The van der Waals surface area contributed by atoms with Crippen molar-refractivity contribution in [3.63, 3.8) is 0 Å². The Morgan fingerprint density at radius 1 is 1.30 bits per heavy atom. The van der Waals surface area contributed by atoms with E-state index >= 15 is 0 Å². The minimum atomic E-state index is -0.981. The highest BCUT2D eigenvalue weighted by molar-refractivity contribution is 7.09. The van der Waals surface area contributed by atoms with Crippen LogP contribution in [-0.2, 0) is 11.2 Å². The molecular formula is C17H18N2O3S. The summed E-state index contributed by atoms with van der Waals surface area (Å²) >= 11 is 1.42. The molecule has 1 aromatic heterocycles. The highest BCUT2D eigenvalue weighted by Crippen LogP contribution is 2.33. The largest absolute Gasteiger partial charge is 0.480 e. The molecule has 5 nitrogen and oxygen atoms in total. The molecule has 1 atom stereocenters. The number of benzene rings is 1. The van der Waals surface area contributed by atoms with Gasteiger partial charge in [0.1, 0.15) is 11.7 Å². The molecule has 1 saturated carbocycles. The zero-order valence-corrected chi connectivity index (χ0v) is 13.4. The van der Waals surface area contributed by atoms with Gasteiger partial charge in [-0.3, -0.25) is 4.79 Å². The van der Waals surface area contributed by atoms with Crippen molar-refractivity contribution in [3.05, 3.63) is 52.0 Å². The Morgan fingerprint density at radius 2 is 2.04 bits per heavy atom. The van der Waals surface area contributed by atoms with E-state index in [1.165, 1.54) is 11.3 Å². The second-order valence-corrected chi connectivity index (χ2v) is 6.77. The second kappa shape index (κ2) is 6.91. The van der Waals surface area contributed by atoms with E-state index in [2.05, 4.69) is 10.3 Å². The fraction of sp³-hybridized carbons (Fsp3) is 0.353. The van der Waals surface area contributed by atoms with Crippen molar-refractivity contribution in [1.29, 1.82) is 0 Å². The molecule has 23 heavy (non-hydrogen) atoms. The minimum absolute atomic E-state index is 0.294. The van der Waals surface area contributed by atoms with Crippen LogP contribution in [0.3, 0.4) is 0 Å². The Kier molecular flexibility index (Phi) is 4.71. The Bertz CT molecular complexity index is 695. The van der Waals surface area contributed by atoms with Gasteiger partial charge in [0, 0.05) is 11.8 Å². The number of rotatable bonds is 7. The first-order valence-electron chi connectivity index (χ1n) is 7.64. The molecule has 0 radical (unpaired) electrons. The lowest BCUT2D eigenvalue weighted by Gasteiger charge is -2.12. The Labute approximate surface area is 138 Å². The van der Waals surface area contributed by atoms with Gasteiger partial charge in [-0.05, 0) is 17.9 Å². The number of carboxylic acids is 1. The molecule has 1 fully saturated rings. The van der Waals surface area contributed by atoms with Crippen LogP contribution in [0.25, 0.3) is 0 Å². The van der Waals surface area contributed by atoms with Crippen molar-refractivity contribution >= 4 is 23.2 Å². The van der Waals surface area contributed by atoms with Gasteiger partial charge in [0.2, 0.25) is 0 Å². The van der Waals surface area contributed by atoms with E-state index in [4.69, 9.17) is 0 Å². The van der Waals surface area contributed by atoms with E-state index in [9.17, 15) is 14.7 Å². The van der Waals surface area contributed by atoms with Crippen LogP contribution in [0.4, 0.5) is 0 Å². The van der Waals surface area contributed by atoms with Crippen LogP contribution in [0.2, 0.25) is 0 Å². The number of amides is 1. The number of aromatic nitrogens is 1. The van der Waals surface area contributed by atoms with Crippen molar-refractivity contribution in [3.8, 4) is 0 Å². The smallest absolute Gasteiger partial charge is 0.326 e. The first kappa shape index (κ1) is 15.7. The Balaban J connectivity index is 1.62. The van der Waals surface area contributed by atoms with E-state index in [0.29, 0.717) is 24.5 Å². The van der Waals surface area contributed by atoms with Gasteiger partial charge < -0.3 is 10.4 Å². The number of carboxylic acid groups (broad SMARTS) is 1. The fourth-order valence-corrected chi connectivity index (χ4v) is 3.22. The second-order valence-electron chi connectivity index (χ2n) is 5.83. The lowest BCUT2D eigenvalue weighted by atomic mass is 10.1. The van der Waals surface area contributed by atoms with Crippen molar-refractivity contribution in [2.75, 3.05) is 0 Å². The number of thiazole rings is 1. The lowest BCUT2D eigenvalue weighted by Crippen LogP contribution is -2.41. The molecular weight excluding hydrogens is 312 g/mol. The topological polar surface area (TPSA) is 79.3 Å². The normalized spacial score (nSPS) is 15.1. The zero-order chi connectivity index (χ0) is 16.2. The molecule has 0 spiro atoms. The molecule has 1 amide bonds. The number of hydrogen-bond acceptors (Lipinski definition) is 4. The predicted molar refractivity (Wildman–Crippen MR) is 87.6 cm³/mol. The summed E-state index contributed by atoms with van der Waals surface area (Å²) in [5.41, 5.74) is 1.42. The maximum atomic E-state index is 12.2. The van der Waals surface area contributed by atoms with E-state index < -0.39 is 17.9 Å². The molecule has 1 aromatic carbocycles. The van der Waals surface area contributed by atoms with Crippen molar-refractivity contribution < 1.29 is 14.7 Å². The summed E-state index contributed by atoms with van der Waals surface area (Å²) < 4.78 is 0. The number of carbonyl (C=O) groups is 2. The number of nitrogens with zero attached hydrogens (tertiary/aromatic N) is 1. The maximum Gasteiger partial charge on any atom is 0.326 e. The molecule has 6 heteroatoms. The average molecular weight is 330 g/mol. The Hall–Kier alpha value is -2.21. The first-order chi connectivity index (χ1) is 11.1. The summed E-state index contributed by atoms with van der Waals surface area (Å²) in [5.74, 6) is -0.959. The van der Waals surface area contributed by atoms with E-state index in [1.807, 2.05) is 30.3 Å². The number of nitrogens with one attached hydrogen (secondary N) is 1. The third-order valence-electron chi connectivity index (χ3n) is 3.85. The summed E-state index contributed by atoms with van der Waals surface area (Å²) in [6.07, 6.45) is 3.28. The third-order valence-corrected chi connectivity index (χ3v) is 4.70. The van der Waals surface area contributed by atoms with Crippen LogP contribution < -0.4 is 5.32 Å². The van der Waals surface area contributed by atoms with Crippen LogP contribution >= 0.6 is 11.3 Å². The molecule has 0 saturated heterocycles. The van der Waals surface area contributed by atoms with Crippen LogP contribution in [0, 0.1) is 5.92 Å². The van der Waals surface area contributed by atoms with Crippen LogP contribution in [-0.4, -0.2) is 28.0 Å². The molecule has 2 N–H and O–H groups in total. The predicted octanol–water partition coefficient (Wildman–Crippen LogP) is 2.72. The van der Waals surface area contributed by atoms with E-state index in [-0.39, 0.29) is 0 Å². The van der Waals surface area contributed by atoms with Gasteiger partial charge in [-0.25, -0.2) is 9.78 Å². The molecule has 1 heterocycles. The summed E-state index contributed by atoms with van der Waals surface area (Å²) in [5, 5.41) is 14.3. The maximum absolute atomic E-state index is 12.2. The SMILES string of the molecule is O=C(NC(CC1CC1)C(=O)O)c1csc(Cc2ccccc2)n1. The quantitative estimate of drug-likeness (QED) is 0.818. The summed E-state index contributed by atoms with van der Waals surface area (Å²) in [6.45, 7) is 0. The van der Waals surface area contributed by atoms with Crippen molar-refractivity contribution in [2.24, 2.45) is 5.92 Å². The zero-order valence-electron chi connectivity index (χ0n) is 12.6. The summed E-state index contributed by atoms with van der Waals surface area (Å²) in [7, 11) is 0. The fourth-order valence-electron chi connectivity index (χ4n) is 2.41. The van der Waals surface area contributed by atoms with Gasteiger partial charge in [-0.2, -0.15) is 0 Å². The van der Waals surface area contributed by atoms with Gasteiger partial charge in [-0.1, -0.05) is 43.2 Å². The van der Waals surface area contributed by atoms with Crippen LogP contribution in [0.5, 0.6) is 0 Å². The lowest BCUT2D eigenvalue weighted by molar-refractivity contribution is -0.139. The van der Waals surface area contributed by atoms with Crippen molar-refractivity contribution in [2.45, 2.75) is 31.7 Å². The average Bonchev–Trinajstić information content (AvgIpc) is 3.23. The van der Waals surface area contributed by atoms with E-state index in [1.54, 1.807) is 5.38 Å².